The van der Waals surface area contributed by atoms with Gasteiger partial charge in [-0.3, -0.25) is 4.79 Å². The van der Waals surface area contributed by atoms with E-state index in [1.807, 2.05) is 0 Å². The van der Waals surface area contributed by atoms with Gasteiger partial charge in [-0.1, -0.05) is 25.7 Å². The van der Waals surface area contributed by atoms with Gasteiger partial charge >= 0.3 is 5.97 Å². The van der Waals surface area contributed by atoms with Gasteiger partial charge in [0.05, 0.1) is 6.04 Å². The lowest BCUT2D eigenvalue weighted by molar-refractivity contribution is -0.137. The Morgan fingerprint density at radius 3 is 2.73 bits per heavy atom. The molecule has 1 atom stereocenters. The highest BCUT2D eigenvalue weighted by atomic mass is 16.4. The van der Waals surface area contributed by atoms with Crippen LogP contribution in [0.1, 0.15) is 45.4 Å². The summed E-state index contributed by atoms with van der Waals surface area (Å²) < 4.78 is 0. The molecule has 0 saturated carbocycles. The van der Waals surface area contributed by atoms with Crippen molar-refractivity contribution in [2.45, 2.75) is 51.5 Å². The van der Waals surface area contributed by atoms with Crippen molar-refractivity contribution in [2.75, 3.05) is 6.54 Å². The number of hydrogen-bond acceptors (Lipinski definition) is 2. The highest BCUT2D eigenvalue weighted by Gasteiger charge is 2.01. The second kappa shape index (κ2) is 9.54. The number of hydrogen-bond donors (Lipinski definition) is 2. The van der Waals surface area contributed by atoms with Crippen LogP contribution in [-0.4, -0.2) is 23.7 Å². The van der Waals surface area contributed by atoms with E-state index < -0.39 is 5.97 Å². The predicted octanol–water partition coefficient (Wildman–Crippen LogP) is 2.02. The van der Waals surface area contributed by atoms with Crippen LogP contribution < -0.4 is 5.32 Å². The molecule has 0 aliphatic heterocycles. The van der Waals surface area contributed by atoms with Crippen LogP contribution >= 0.6 is 0 Å². The van der Waals surface area contributed by atoms with Crippen LogP contribution in [0.4, 0.5) is 0 Å². The summed E-state index contributed by atoms with van der Waals surface area (Å²) in [7, 11) is 0. The summed E-state index contributed by atoms with van der Waals surface area (Å²) in [5, 5.41) is 11.7. The summed E-state index contributed by atoms with van der Waals surface area (Å²) in [6, 6.07) is 0.175. The molecule has 0 aliphatic carbocycles. The van der Waals surface area contributed by atoms with Crippen molar-refractivity contribution in [1.82, 2.24) is 5.32 Å². The third-order valence-electron chi connectivity index (χ3n) is 2.24. The molecule has 3 nitrogen and oxygen atoms in total. The molecule has 0 bridgehead atoms. The largest absolute Gasteiger partial charge is 0.481 e. The van der Waals surface area contributed by atoms with Crippen molar-refractivity contribution in [3.8, 4) is 12.3 Å². The molecule has 1 unspecified atom stereocenters. The molecule has 0 aliphatic rings. The van der Waals surface area contributed by atoms with Gasteiger partial charge in [0.2, 0.25) is 0 Å². The van der Waals surface area contributed by atoms with Gasteiger partial charge in [-0.05, 0) is 25.8 Å². The maximum Gasteiger partial charge on any atom is 0.303 e. The van der Waals surface area contributed by atoms with Crippen molar-refractivity contribution >= 4 is 5.97 Å². The average molecular weight is 211 g/mol. The summed E-state index contributed by atoms with van der Waals surface area (Å²) in [5.74, 6) is 1.99. The highest BCUT2D eigenvalue weighted by molar-refractivity contribution is 5.66. The van der Waals surface area contributed by atoms with E-state index in [0.29, 0.717) is 0 Å². The molecule has 0 aromatic rings. The van der Waals surface area contributed by atoms with Gasteiger partial charge in [-0.25, -0.2) is 0 Å². The fraction of sp³-hybridized carbons (Fsp3) is 0.750. The molecule has 0 aromatic carbocycles. The number of terminal acetylenes is 1. The minimum atomic E-state index is -0.713. The first-order chi connectivity index (χ1) is 7.20. The quantitative estimate of drug-likeness (QED) is 0.453. The Hall–Kier alpha value is -1.01. The van der Waals surface area contributed by atoms with Crippen LogP contribution in [0, 0.1) is 12.3 Å². The molecule has 2 N–H and O–H groups in total. The van der Waals surface area contributed by atoms with Gasteiger partial charge in [0, 0.05) is 6.42 Å². The third-order valence-corrected chi connectivity index (χ3v) is 2.24. The van der Waals surface area contributed by atoms with Gasteiger partial charge < -0.3 is 10.4 Å². The second-order valence-corrected chi connectivity index (χ2v) is 3.67. The Morgan fingerprint density at radius 2 is 2.20 bits per heavy atom. The molecule has 0 amide bonds. The fourth-order valence-corrected chi connectivity index (χ4v) is 1.39. The van der Waals surface area contributed by atoms with E-state index in [9.17, 15) is 4.79 Å². The lowest BCUT2D eigenvalue weighted by Crippen LogP contribution is -2.28. The van der Waals surface area contributed by atoms with Gasteiger partial charge in [0.1, 0.15) is 0 Å². The van der Waals surface area contributed by atoms with Gasteiger partial charge in [-0.2, -0.15) is 0 Å². The van der Waals surface area contributed by atoms with Crippen molar-refractivity contribution in [1.29, 1.82) is 0 Å². The zero-order chi connectivity index (χ0) is 11.5. The first-order valence-electron chi connectivity index (χ1n) is 5.62. The van der Waals surface area contributed by atoms with Crippen LogP contribution in [0.3, 0.4) is 0 Å². The van der Waals surface area contributed by atoms with E-state index in [0.717, 1.165) is 38.6 Å². The van der Waals surface area contributed by atoms with Gasteiger partial charge in [-0.15, -0.1) is 6.42 Å². The Labute approximate surface area is 92.3 Å². The lowest BCUT2D eigenvalue weighted by Gasteiger charge is -2.11. The zero-order valence-electron chi connectivity index (χ0n) is 9.46. The normalized spacial score (nSPS) is 12.0. The molecule has 0 heterocycles. The number of nitrogens with one attached hydrogen (secondary N) is 1. The summed E-state index contributed by atoms with van der Waals surface area (Å²) in [4.78, 5) is 10.2. The number of rotatable bonds is 9. The van der Waals surface area contributed by atoms with Gasteiger partial charge in [0.25, 0.3) is 0 Å². The minimum Gasteiger partial charge on any atom is -0.481 e. The van der Waals surface area contributed by atoms with Crippen LogP contribution in [0.15, 0.2) is 0 Å². The Kier molecular flexibility index (Phi) is 8.90. The van der Waals surface area contributed by atoms with Gasteiger partial charge in [0.15, 0.2) is 0 Å². The number of carboxylic acids is 1. The molecule has 0 radical (unpaired) electrons. The molecule has 3 heteroatoms. The van der Waals surface area contributed by atoms with E-state index >= 15 is 0 Å². The average Bonchev–Trinajstić information content (AvgIpc) is 2.21. The minimum absolute atomic E-state index is 0.175. The topological polar surface area (TPSA) is 49.3 Å². The molecule has 86 valence electrons. The van der Waals surface area contributed by atoms with E-state index in [2.05, 4.69) is 18.2 Å². The van der Waals surface area contributed by atoms with Crippen molar-refractivity contribution in [3.63, 3.8) is 0 Å². The predicted molar refractivity (Wildman–Crippen MR) is 61.6 cm³/mol. The van der Waals surface area contributed by atoms with E-state index in [4.69, 9.17) is 11.5 Å². The number of carboxylic acid groups (broad SMARTS) is 1. The van der Waals surface area contributed by atoms with Crippen molar-refractivity contribution in [2.24, 2.45) is 0 Å². The Bertz CT molecular complexity index is 208. The molecular formula is C12H21NO2. The standard InChI is InChI=1S/C12H21NO2/c1-3-8-11(4-2)13-10-7-5-6-9-12(14)15/h2,11,13H,3,5-10H2,1H3,(H,14,15). The van der Waals surface area contributed by atoms with Crippen molar-refractivity contribution in [3.05, 3.63) is 0 Å². The SMILES string of the molecule is C#CC(CCC)NCCCCCC(=O)O. The fourth-order valence-electron chi connectivity index (χ4n) is 1.39. The number of carbonyl (C=O) groups is 1. The first kappa shape index (κ1) is 14.0. The molecule has 0 saturated heterocycles. The van der Waals surface area contributed by atoms with Crippen LogP contribution in [0.25, 0.3) is 0 Å². The maximum absolute atomic E-state index is 10.2. The van der Waals surface area contributed by atoms with E-state index in [1.54, 1.807) is 0 Å². The van der Waals surface area contributed by atoms with Crippen LogP contribution in [0.5, 0.6) is 0 Å². The molecule has 0 aromatic heterocycles. The maximum atomic E-state index is 10.2. The highest BCUT2D eigenvalue weighted by Crippen LogP contribution is 2.00. The number of unbranched alkanes of at least 4 members (excludes halogenated alkanes) is 2. The van der Waals surface area contributed by atoms with Crippen LogP contribution in [-0.2, 0) is 4.79 Å². The lowest BCUT2D eigenvalue weighted by atomic mass is 10.1. The zero-order valence-corrected chi connectivity index (χ0v) is 9.46. The Morgan fingerprint density at radius 1 is 1.47 bits per heavy atom. The smallest absolute Gasteiger partial charge is 0.303 e. The van der Waals surface area contributed by atoms with Crippen LogP contribution in [0.2, 0.25) is 0 Å². The summed E-state index contributed by atoms with van der Waals surface area (Å²) in [6.45, 7) is 2.99. The summed E-state index contributed by atoms with van der Waals surface area (Å²) in [5.41, 5.74) is 0. The Balaban J connectivity index is 3.29. The first-order valence-corrected chi connectivity index (χ1v) is 5.62. The molecule has 0 spiro atoms. The van der Waals surface area contributed by atoms with E-state index in [-0.39, 0.29) is 12.5 Å². The molecule has 0 fully saturated rings. The monoisotopic (exact) mass is 211 g/mol. The second-order valence-electron chi connectivity index (χ2n) is 3.67. The summed E-state index contributed by atoms with van der Waals surface area (Å²) in [6.07, 6.45) is 10.4. The van der Waals surface area contributed by atoms with E-state index in [1.165, 1.54) is 0 Å². The molecule has 15 heavy (non-hydrogen) atoms. The number of aliphatic carboxylic acids is 1. The third kappa shape index (κ3) is 9.30. The summed E-state index contributed by atoms with van der Waals surface area (Å²) >= 11 is 0. The van der Waals surface area contributed by atoms with Crippen molar-refractivity contribution < 1.29 is 9.90 Å². The molecule has 0 rings (SSSR count). The molecular weight excluding hydrogens is 190 g/mol.